The summed E-state index contributed by atoms with van der Waals surface area (Å²) in [5.41, 5.74) is 2.86. The highest BCUT2D eigenvalue weighted by molar-refractivity contribution is 5.82. The lowest BCUT2D eigenvalue weighted by atomic mass is 10.0. The third kappa shape index (κ3) is 6.24. The van der Waals surface area contributed by atoms with Crippen LogP contribution in [0.2, 0.25) is 0 Å². The number of hydrogen-bond acceptors (Lipinski definition) is 4. The second-order valence-corrected chi connectivity index (χ2v) is 7.28. The number of amides is 1. The Morgan fingerprint density at radius 1 is 1.29 bits per heavy atom. The summed E-state index contributed by atoms with van der Waals surface area (Å²) >= 11 is 0. The second kappa shape index (κ2) is 9.93. The molecule has 1 aromatic rings. The van der Waals surface area contributed by atoms with Gasteiger partial charge >= 0.3 is 6.18 Å². The Bertz CT molecular complexity index is 690. The molecule has 0 aromatic heterocycles. The number of nitrogens with one attached hydrogen (secondary N) is 2. The Morgan fingerprint density at radius 2 is 2.00 bits per heavy atom. The summed E-state index contributed by atoms with van der Waals surface area (Å²) in [5.74, 6) is 0.471. The largest absolute Gasteiger partial charge is 0.416 e. The number of rotatable bonds is 8. The lowest BCUT2D eigenvalue weighted by Crippen LogP contribution is -2.47. The molecule has 0 radical (unpaired) electrons. The topological polar surface area (TPSA) is 53.6 Å². The van der Waals surface area contributed by atoms with Gasteiger partial charge in [0, 0.05) is 25.2 Å². The van der Waals surface area contributed by atoms with Crippen LogP contribution in [0.3, 0.4) is 0 Å². The monoisotopic (exact) mass is 399 g/mol. The van der Waals surface area contributed by atoms with Crippen molar-refractivity contribution in [1.82, 2.24) is 15.7 Å². The zero-order chi connectivity index (χ0) is 20.7. The van der Waals surface area contributed by atoms with Crippen LogP contribution in [0.15, 0.2) is 36.0 Å². The minimum Gasteiger partial charge on any atom is -0.337 e. The van der Waals surface area contributed by atoms with Gasteiger partial charge in [-0.05, 0) is 37.1 Å². The maximum Gasteiger partial charge on any atom is 0.416 e. The standard InChI is InChI=1S/C20H28F3N3O2/c1-14(2)12-18(24-3)19(27)26-10-8-16(9-11-26)25-28-13-15-6-4-5-7-17(15)20(21,22)23/h4-8,14,18,24-25H,9-13H2,1-3H3/t18-/m0/s1. The van der Waals surface area contributed by atoms with Gasteiger partial charge in [0.25, 0.3) is 0 Å². The van der Waals surface area contributed by atoms with E-state index in [1.54, 1.807) is 18.0 Å². The number of carbonyl (C=O) groups excluding carboxylic acids is 1. The molecule has 2 rings (SSSR count). The summed E-state index contributed by atoms with van der Waals surface area (Å²) in [6.45, 7) is 4.93. The normalized spacial score (nSPS) is 16.1. The quantitative estimate of drug-likeness (QED) is 0.658. The average Bonchev–Trinajstić information content (AvgIpc) is 2.65. The van der Waals surface area contributed by atoms with Crippen molar-refractivity contribution in [1.29, 1.82) is 0 Å². The number of hydrogen-bond donors (Lipinski definition) is 2. The van der Waals surface area contributed by atoms with Crippen molar-refractivity contribution in [3.05, 3.63) is 47.2 Å². The van der Waals surface area contributed by atoms with Crippen molar-refractivity contribution in [2.24, 2.45) is 5.92 Å². The first-order valence-corrected chi connectivity index (χ1v) is 9.40. The van der Waals surface area contributed by atoms with Gasteiger partial charge in [0.05, 0.1) is 11.6 Å². The lowest BCUT2D eigenvalue weighted by molar-refractivity contribution is -0.139. The van der Waals surface area contributed by atoms with E-state index in [0.717, 1.165) is 18.2 Å². The number of hydroxylamine groups is 1. The third-order valence-corrected chi connectivity index (χ3v) is 4.63. The molecular formula is C20H28F3N3O2. The number of benzene rings is 1. The molecule has 0 saturated heterocycles. The minimum absolute atomic E-state index is 0.0616. The zero-order valence-corrected chi connectivity index (χ0v) is 16.5. The molecule has 1 aromatic carbocycles. The first kappa shape index (κ1) is 22.2. The van der Waals surface area contributed by atoms with Gasteiger partial charge in [-0.15, -0.1) is 0 Å². The lowest BCUT2D eigenvalue weighted by Gasteiger charge is -2.30. The minimum atomic E-state index is -4.41. The van der Waals surface area contributed by atoms with Crippen molar-refractivity contribution in [2.75, 3.05) is 20.1 Å². The molecule has 5 nitrogen and oxygen atoms in total. The summed E-state index contributed by atoms with van der Waals surface area (Å²) in [7, 11) is 1.78. The highest BCUT2D eigenvalue weighted by Gasteiger charge is 2.33. The average molecular weight is 399 g/mol. The molecule has 0 bridgehead atoms. The summed E-state index contributed by atoms with van der Waals surface area (Å²) in [5, 5.41) is 3.07. The fraction of sp³-hybridized carbons (Fsp3) is 0.550. The molecule has 1 amide bonds. The molecule has 1 aliphatic rings. The molecule has 1 heterocycles. The maximum atomic E-state index is 13.0. The van der Waals surface area contributed by atoms with Gasteiger partial charge in [-0.3, -0.25) is 15.1 Å². The van der Waals surface area contributed by atoms with Crippen LogP contribution in [0.5, 0.6) is 0 Å². The summed E-state index contributed by atoms with van der Waals surface area (Å²) < 4.78 is 39.0. The number of likely N-dealkylation sites (N-methyl/N-ethyl adjacent to an activating group) is 1. The SMILES string of the molecule is CN[C@@H](CC(C)C)C(=O)N1CC=C(NOCc2ccccc2C(F)(F)F)CC1. The van der Waals surface area contributed by atoms with E-state index in [4.69, 9.17) is 4.84 Å². The first-order chi connectivity index (χ1) is 13.2. The zero-order valence-electron chi connectivity index (χ0n) is 16.5. The van der Waals surface area contributed by atoms with E-state index in [2.05, 4.69) is 24.6 Å². The highest BCUT2D eigenvalue weighted by Crippen LogP contribution is 2.32. The van der Waals surface area contributed by atoms with Crippen LogP contribution in [-0.2, 0) is 22.4 Å². The third-order valence-electron chi connectivity index (χ3n) is 4.63. The number of halogens is 3. The fourth-order valence-electron chi connectivity index (χ4n) is 3.13. The van der Waals surface area contributed by atoms with Gasteiger partial charge in [0.2, 0.25) is 5.91 Å². The van der Waals surface area contributed by atoms with E-state index in [1.807, 2.05) is 6.08 Å². The van der Waals surface area contributed by atoms with Gasteiger partial charge in [0.1, 0.15) is 6.61 Å². The number of nitrogens with zero attached hydrogens (tertiary/aromatic N) is 1. The number of carbonyl (C=O) groups is 1. The van der Waals surface area contributed by atoms with Crippen LogP contribution in [0.25, 0.3) is 0 Å². The molecule has 2 N–H and O–H groups in total. The molecule has 0 spiro atoms. The van der Waals surface area contributed by atoms with Gasteiger partial charge in [-0.2, -0.15) is 13.2 Å². The Balaban J connectivity index is 1.86. The van der Waals surface area contributed by atoms with Crippen LogP contribution in [0.1, 0.15) is 37.8 Å². The Morgan fingerprint density at radius 3 is 2.57 bits per heavy atom. The van der Waals surface area contributed by atoms with Crippen molar-refractivity contribution in [2.45, 2.75) is 45.5 Å². The van der Waals surface area contributed by atoms with Crippen LogP contribution in [0, 0.1) is 5.92 Å². The van der Waals surface area contributed by atoms with E-state index in [9.17, 15) is 18.0 Å². The van der Waals surface area contributed by atoms with Gasteiger partial charge in [0.15, 0.2) is 0 Å². The van der Waals surface area contributed by atoms with E-state index < -0.39 is 11.7 Å². The Labute approximate surface area is 163 Å². The molecule has 156 valence electrons. The van der Waals surface area contributed by atoms with Crippen molar-refractivity contribution in [3.8, 4) is 0 Å². The fourth-order valence-corrected chi connectivity index (χ4v) is 3.13. The Kier molecular flexibility index (Phi) is 7.88. The first-order valence-electron chi connectivity index (χ1n) is 9.40. The molecule has 1 aliphatic heterocycles. The van der Waals surface area contributed by atoms with Gasteiger partial charge < -0.3 is 10.2 Å². The predicted molar refractivity (Wildman–Crippen MR) is 101 cm³/mol. The van der Waals surface area contributed by atoms with Crippen molar-refractivity contribution in [3.63, 3.8) is 0 Å². The van der Waals surface area contributed by atoms with E-state index in [1.165, 1.54) is 12.1 Å². The van der Waals surface area contributed by atoms with Crippen LogP contribution < -0.4 is 10.8 Å². The number of alkyl halides is 3. The van der Waals surface area contributed by atoms with Crippen molar-refractivity contribution < 1.29 is 22.8 Å². The molecule has 0 unspecified atom stereocenters. The molecule has 0 fully saturated rings. The van der Waals surface area contributed by atoms with Gasteiger partial charge in [-0.25, -0.2) is 0 Å². The smallest absolute Gasteiger partial charge is 0.337 e. The van der Waals surface area contributed by atoms with Crippen molar-refractivity contribution >= 4 is 5.91 Å². The summed E-state index contributed by atoms with van der Waals surface area (Å²) in [6, 6.07) is 5.13. The molecule has 0 aliphatic carbocycles. The maximum absolute atomic E-state index is 13.0. The molecular weight excluding hydrogens is 371 g/mol. The molecule has 0 saturated carbocycles. The Hall–Kier alpha value is -2.06. The molecule has 1 atom stereocenters. The summed E-state index contributed by atoms with van der Waals surface area (Å²) in [4.78, 5) is 19.6. The van der Waals surface area contributed by atoms with E-state index >= 15 is 0 Å². The second-order valence-electron chi connectivity index (χ2n) is 7.28. The van der Waals surface area contributed by atoms with Gasteiger partial charge in [-0.1, -0.05) is 32.0 Å². The van der Waals surface area contributed by atoms with Crippen LogP contribution in [0.4, 0.5) is 13.2 Å². The van der Waals surface area contributed by atoms with E-state index in [-0.39, 0.29) is 24.1 Å². The van der Waals surface area contributed by atoms with Crippen LogP contribution >= 0.6 is 0 Å². The highest BCUT2D eigenvalue weighted by atomic mass is 19.4. The molecule has 8 heteroatoms. The van der Waals surface area contributed by atoms with Crippen LogP contribution in [-0.4, -0.2) is 37.0 Å². The predicted octanol–water partition coefficient (Wildman–Crippen LogP) is 3.48. The summed E-state index contributed by atoms with van der Waals surface area (Å²) in [6.07, 6.45) is -1.25. The van der Waals surface area contributed by atoms with E-state index in [0.29, 0.717) is 25.4 Å². The molecule has 28 heavy (non-hydrogen) atoms.